The second kappa shape index (κ2) is 6.59. The van der Waals surface area contributed by atoms with Crippen LogP contribution in [0, 0.1) is 11.6 Å². The Morgan fingerprint density at radius 3 is 2.81 bits per heavy atom. The highest BCUT2D eigenvalue weighted by atomic mass is 19.2. The van der Waals surface area contributed by atoms with Gasteiger partial charge in [-0.1, -0.05) is 0 Å². The lowest BCUT2D eigenvalue weighted by Gasteiger charge is -2.30. The number of carbonyl (C=O) groups is 2. The topological polar surface area (TPSA) is 78.9 Å². The number of benzene rings is 1. The fraction of sp³-hybridized carbons (Fsp3) is 0.385. The SMILES string of the molecule is O=C(CN1CCOC(C(=O)O)C1)Nc1ccc(F)c(F)c1. The van der Waals surface area contributed by atoms with E-state index in [1.165, 1.54) is 6.07 Å². The first kappa shape index (κ1) is 15.3. The predicted octanol–water partition coefficient (Wildman–Crippen LogP) is 0.689. The van der Waals surface area contributed by atoms with Crippen molar-refractivity contribution in [1.82, 2.24) is 4.90 Å². The number of amides is 1. The molecule has 1 saturated heterocycles. The Hall–Kier alpha value is -2.06. The summed E-state index contributed by atoms with van der Waals surface area (Å²) >= 11 is 0. The van der Waals surface area contributed by atoms with Gasteiger partial charge in [-0.05, 0) is 12.1 Å². The number of anilines is 1. The normalized spacial score (nSPS) is 19.2. The highest BCUT2D eigenvalue weighted by Crippen LogP contribution is 2.13. The first-order chi connectivity index (χ1) is 9.95. The molecule has 0 aliphatic carbocycles. The Morgan fingerprint density at radius 1 is 1.38 bits per heavy atom. The maximum Gasteiger partial charge on any atom is 0.334 e. The summed E-state index contributed by atoms with van der Waals surface area (Å²) in [5.41, 5.74) is 0.141. The molecule has 0 spiro atoms. The minimum absolute atomic E-state index is 0.0495. The second-order valence-electron chi connectivity index (χ2n) is 4.61. The van der Waals surface area contributed by atoms with Crippen LogP contribution >= 0.6 is 0 Å². The molecule has 21 heavy (non-hydrogen) atoms. The van der Waals surface area contributed by atoms with Crippen molar-refractivity contribution in [2.75, 3.05) is 31.6 Å². The molecule has 1 aliphatic heterocycles. The molecule has 1 aliphatic rings. The molecule has 1 aromatic carbocycles. The molecule has 0 radical (unpaired) electrons. The number of aliphatic carboxylic acids is 1. The summed E-state index contributed by atoms with van der Waals surface area (Å²) in [6.07, 6.45) is -0.963. The summed E-state index contributed by atoms with van der Waals surface area (Å²) in [4.78, 5) is 24.2. The van der Waals surface area contributed by atoms with E-state index in [1.807, 2.05) is 0 Å². The lowest BCUT2D eigenvalue weighted by Crippen LogP contribution is -2.48. The number of carbonyl (C=O) groups excluding carboxylic acids is 1. The van der Waals surface area contributed by atoms with Gasteiger partial charge in [-0.2, -0.15) is 0 Å². The van der Waals surface area contributed by atoms with Crippen LogP contribution in [0.2, 0.25) is 0 Å². The van der Waals surface area contributed by atoms with Gasteiger partial charge >= 0.3 is 5.97 Å². The molecule has 1 atom stereocenters. The quantitative estimate of drug-likeness (QED) is 0.855. The van der Waals surface area contributed by atoms with E-state index in [9.17, 15) is 18.4 Å². The van der Waals surface area contributed by atoms with Crippen LogP contribution in [-0.4, -0.2) is 54.2 Å². The molecular formula is C13H14F2N2O4. The van der Waals surface area contributed by atoms with Gasteiger partial charge in [0, 0.05) is 24.8 Å². The molecule has 8 heteroatoms. The van der Waals surface area contributed by atoms with Crippen LogP contribution < -0.4 is 5.32 Å². The van der Waals surface area contributed by atoms with Gasteiger partial charge in [-0.3, -0.25) is 9.69 Å². The Morgan fingerprint density at radius 2 is 2.14 bits per heavy atom. The summed E-state index contributed by atoms with van der Waals surface area (Å²) in [5, 5.41) is 11.3. The van der Waals surface area contributed by atoms with Crippen LogP contribution in [0.5, 0.6) is 0 Å². The van der Waals surface area contributed by atoms with Crippen LogP contribution in [0.3, 0.4) is 0 Å². The Bertz CT molecular complexity index is 553. The molecule has 114 valence electrons. The van der Waals surface area contributed by atoms with Crippen molar-refractivity contribution in [3.8, 4) is 0 Å². The molecule has 1 heterocycles. The first-order valence-electron chi connectivity index (χ1n) is 6.27. The third-order valence-electron chi connectivity index (χ3n) is 3.00. The molecular weight excluding hydrogens is 286 g/mol. The molecule has 1 fully saturated rings. The Labute approximate surface area is 119 Å². The van der Waals surface area contributed by atoms with E-state index in [-0.39, 0.29) is 25.4 Å². The minimum atomic E-state index is -1.08. The summed E-state index contributed by atoms with van der Waals surface area (Å²) in [6, 6.07) is 3.04. The fourth-order valence-electron chi connectivity index (χ4n) is 1.97. The standard InChI is InChI=1S/C13H14F2N2O4/c14-9-2-1-8(5-10(9)15)16-12(18)7-17-3-4-21-11(6-17)13(19)20/h1-2,5,11H,3-4,6-7H2,(H,16,18)(H,19,20). The number of halogens is 2. The maximum atomic E-state index is 13.0. The van der Waals surface area contributed by atoms with Gasteiger partial charge in [0.1, 0.15) is 0 Å². The van der Waals surface area contributed by atoms with Crippen LogP contribution in [0.25, 0.3) is 0 Å². The van der Waals surface area contributed by atoms with Gasteiger partial charge < -0.3 is 15.2 Å². The summed E-state index contributed by atoms with van der Waals surface area (Å²) in [7, 11) is 0. The molecule has 2 N–H and O–H groups in total. The lowest BCUT2D eigenvalue weighted by atomic mass is 10.2. The Balaban J connectivity index is 1.89. The van der Waals surface area contributed by atoms with Crippen LogP contribution in [-0.2, 0) is 14.3 Å². The number of hydrogen-bond donors (Lipinski definition) is 2. The molecule has 1 amide bonds. The van der Waals surface area contributed by atoms with Gasteiger partial charge in [-0.15, -0.1) is 0 Å². The van der Waals surface area contributed by atoms with Gasteiger partial charge in [0.05, 0.1) is 13.2 Å². The number of nitrogens with one attached hydrogen (secondary N) is 1. The molecule has 1 unspecified atom stereocenters. The molecule has 0 bridgehead atoms. The minimum Gasteiger partial charge on any atom is -0.479 e. The smallest absolute Gasteiger partial charge is 0.334 e. The van der Waals surface area contributed by atoms with Crippen molar-refractivity contribution in [2.24, 2.45) is 0 Å². The van der Waals surface area contributed by atoms with Crippen molar-refractivity contribution < 1.29 is 28.2 Å². The zero-order chi connectivity index (χ0) is 15.4. The molecule has 1 aromatic rings. The number of carboxylic acid groups (broad SMARTS) is 1. The van der Waals surface area contributed by atoms with E-state index in [1.54, 1.807) is 4.90 Å². The second-order valence-corrected chi connectivity index (χ2v) is 4.61. The average Bonchev–Trinajstić information content (AvgIpc) is 2.43. The van der Waals surface area contributed by atoms with E-state index in [0.29, 0.717) is 6.54 Å². The lowest BCUT2D eigenvalue weighted by molar-refractivity contribution is -0.156. The van der Waals surface area contributed by atoms with Crippen molar-refractivity contribution in [2.45, 2.75) is 6.10 Å². The van der Waals surface area contributed by atoms with E-state index in [2.05, 4.69) is 5.32 Å². The molecule has 0 aromatic heterocycles. The zero-order valence-electron chi connectivity index (χ0n) is 11.0. The monoisotopic (exact) mass is 300 g/mol. The molecule has 0 saturated carbocycles. The fourth-order valence-corrected chi connectivity index (χ4v) is 1.97. The molecule has 2 rings (SSSR count). The van der Waals surface area contributed by atoms with E-state index < -0.39 is 29.6 Å². The van der Waals surface area contributed by atoms with Crippen molar-refractivity contribution in [1.29, 1.82) is 0 Å². The van der Waals surface area contributed by atoms with E-state index in [0.717, 1.165) is 12.1 Å². The van der Waals surface area contributed by atoms with Crippen molar-refractivity contribution in [3.63, 3.8) is 0 Å². The van der Waals surface area contributed by atoms with Crippen LogP contribution in [0.15, 0.2) is 18.2 Å². The van der Waals surface area contributed by atoms with Gasteiger partial charge in [-0.25, -0.2) is 13.6 Å². The summed E-state index contributed by atoms with van der Waals surface area (Å²) in [5.74, 6) is -3.57. The van der Waals surface area contributed by atoms with Crippen LogP contribution in [0.4, 0.5) is 14.5 Å². The maximum absolute atomic E-state index is 13.0. The van der Waals surface area contributed by atoms with Gasteiger partial charge in [0.15, 0.2) is 17.7 Å². The van der Waals surface area contributed by atoms with Gasteiger partial charge in [0.25, 0.3) is 0 Å². The highest BCUT2D eigenvalue weighted by molar-refractivity contribution is 5.92. The number of ether oxygens (including phenoxy) is 1. The first-order valence-corrected chi connectivity index (χ1v) is 6.27. The summed E-state index contributed by atoms with van der Waals surface area (Å²) < 4.78 is 30.8. The largest absolute Gasteiger partial charge is 0.479 e. The highest BCUT2D eigenvalue weighted by Gasteiger charge is 2.27. The number of morpholine rings is 1. The molecule has 6 nitrogen and oxygen atoms in total. The van der Waals surface area contributed by atoms with Crippen molar-refractivity contribution >= 4 is 17.6 Å². The van der Waals surface area contributed by atoms with Crippen LogP contribution in [0.1, 0.15) is 0 Å². The van der Waals surface area contributed by atoms with Gasteiger partial charge in [0.2, 0.25) is 5.91 Å². The predicted molar refractivity (Wildman–Crippen MR) is 68.8 cm³/mol. The number of nitrogens with zero attached hydrogens (tertiary/aromatic N) is 1. The van der Waals surface area contributed by atoms with Crippen molar-refractivity contribution in [3.05, 3.63) is 29.8 Å². The Kier molecular flexibility index (Phi) is 4.81. The zero-order valence-corrected chi connectivity index (χ0v) is 11.0. The third-order valence-corrected chi connectivity index (χ3v) is 3.00. The number of rotatable bonds is 4. The average molecular weight is 300 g/mol. The number of carboxylic acids is 1. The number of hydrogen-bond acceptors (Lipinski definition) is 4. The van der Waals surface area contributed by atoms with E-state index in [4.69, 9.17) is 9.84 Å². The summed E-state index contributed by atoms with van der Waals surface area (Å²) in [6.45, 7) is 0.692. The van der Waals surface area contributed by atoms with E-state index >= 15 is 0 Å². The third kappa shape index (κ3) is 4.20.